The van der Waals surface area contributed by atoms with E-state index in [1.807, 2.05) is 33.8 Å². The molecule has 0 radical (unpaired) electrons. The van der Waals surface area contributed by atoms with Crippen LogP contribution in [0.5, 0.6) is 0 Å². The molecule has 3 N–H and O–H groups in total. The van der Waals surface area contributed by atoms with Crippen LogP contribution in [-0.2, 0) is 16.1 Å². The summed E-state index contributed by atoms with van der Waals surface area (Å²) in [4.78, 5) is 42.1. The third-order valence-corrected chi connectivity index (χ3v) is 6.27. The van der Waals surface area contributed by atoms with Gasteiger partial charge in [0.15, 0.2) is 0 Å². The lowest BCUT2D eigenvalue weighted by atomic mass is 10.0. The topological polar surface area (TPSA) is 149 Å². The normalized spacial score (nSPS) is 12.0. The number of hydrogen-bond donors (Lipinski definition) is 3. The van der Waals surface area contributed by atoms with Gasteiger partial charge in [-0.1, -0.05) is 39.8 Å². The molecule has 3 rings (SSSR count). The van der Waals surface area contributed by atoms with Gasteiger partial charge in [0.25, 0.3) is 11.8 Å². The maximum Gasteiger partial charge on any atom is 0.328 e. The number of esters is 1. The number of hydrogen-bond acceptors (Lipinski definition) is 8. The van der Waals surface area contributed by atoms with Gasteiger partial charge in [0.2, 0.25) is 11.7 Å². The predicted molar refractivity (Wildman–Crippen MR) is 145 cm³/mol. The molecule has 39 heavy (non-hydrogen) atoms. The Morgan fingerprint density at radius 1 is 1.05 bits per heavy atom. The Morgan fingerprint density at radius 3 is 2.41 bits per heavy atom. The van der Waals surface area contributed by atoms with Crippen molar-refractivity contribution in [2.24, 2.45) is 5.92 Å². The molecule has 0 aliphatic carbocycles. The lowest BCUT2D eigenvalue weighted by Crippen LogP contribution is -2.45. The van der Waals surface area contributed by atoms with Gasteiger partial charge in [0.05, 0.1) is 31.6 Å². The quantitative estimate of drug-likeness (QED) is 0.280. The van der Waals surface area contributed by atoms with E-state index < -0.39 is 17.9 Å². The van der Waals surface area contributed by atoms with Gasteiger partial charge in [-0.2, -0.15) is 5.10 Å². The average Bonchev–Trinajstić information content (AvgIpc) is 3.59. The number of carbonyl (C=O) groups is 3. The number of aliphatic hydroxyl groups excluding tert-OH is 1. The largest absolute Gasteiger partial charge is 0.464 e. The fraction of sp³-hybridized carbons (Fsp3) is 0.464. The third kappa shape index (κ3) is 7.32. The van der Waals surface area contributed by atoms with Crippen molar-refractivity contribution in [3.05, 3.63) is 48.0 Å². The van der Waals surface area contributed by atoms with Crippen LogP contribution in [0.15, 0.2) is 40.9 Å². The van der Waals surface area contributed by atoms with E-state index in [0.29, 0.717) is 22.5 Å². The molecule has 0 spiro atoms. The van der Waals surface area contributed by atoms with Crippen molar-refractivity contribution in [1.82, 2.24) is 25.4 Å². The van der Waals surface area contributed by atoms with Crippen LogP contribution in [0.25, 0.3) is 22.7 Å². The minimum absolute atomic E-state index is 0.0436. The van der Waals surface area contributed by atoms with E-state index in [0.717, 1.165) is 12.8 Å². The van der Waals surface area contributed by atoms with Crippen molar-refractivity contribution in [3.8, 4) is 22.7 Å². The first-order valence-corrected chi connectivity index (χ1v) is 13.3. The fourth-order valence-electron chi connectivity index (χ4n) is 4.02. The molecule has 0 aliphatic rings. The fourth-order valence-corrected chi connectivity index (χ4v) is 4.02. The smallest absolute Gasteiger partial charge is 0.328 e. The second-order valence-electron chi connectivity index (χ2n) is 9.41. The van der Waals surface area contributed by atoms with E-state index in [1.165, 1.54) is 10.9 Å². The van der Waals surface area contributed by atoms with Crippen LogP contribution in [0.3, 0.4) is 0 Å². The van der Waals surface area contributed by atoms with Crippen molar-refractivity contribution in [2.75, 3.05) is 13.2 Å². The molecule has 11 heteroatoms. The summed E-state index contributed by atoms with van der Waals surface area (Å²) in [6.45, 7) is 9.56. The molecule has 1 aromatic carbocycles. The Labute approximate surface area is 227 Å². The highest BCUT2D eigenvalue weighted by molar-refractivity contribution is 5.95. The van der Waals surface area contributed by atoms with Crippen molar-refractivity contribution < 1.29 is 28.6 Å². The summed E-state index contributed by atoms with van der Waals surface area (Å²) < 4.78 is 12.3. The summed E-state index contributed by atoms with van der Waals surface area (Å²) in [6, 6.07) is 8.10. The van der Waals surface area contributed by atoms with Gasteiger partial charge in [0.1, 0.15) is 11.7 Å². The Morgan fingerprint density at radius 2 is 1.77 bits per heavy atom. The lowest BCUT2D eigenvalue weighted by Gasteiger charge is -2.19. The zero-order valence-electron chi connectivity index (χ0n) is 23.1. The number of nitrogens with one attached hydrogen (secondary N) is 2. The minimum atomic E-state index is -0.820. The van der Waals surface area contributed by atoms with Crippen LogP contribution in [0.4, 0.5) is 0 Å². The maximum absolute atomic E-state index is 12.9. The third-order valence-electron chi connectivity index (χ3n) is 6.27. The molecule has 0 saturated carbocycles. The monoisotopic (exact) mass is 539 g/mol. The molecule has 2 heterocycles. The first-order valence-electron chi connectivity index (χ1n) is 13.3. The highest BCUT2D eigenvalue weighted by Gasteiger charge is 2.27. The van der Waals surface area contributed by atoms with Gasteiger partial charge in [0, 0.05) is 17.2 Å². The maximum atomic E-state index is 12.9. The van der Waals surface area contributed by atoms with Gasteiger partial charge < -0.3 is 24.9 Å². The van der Waals surface area contributed by atoms with E-state index in [2.05, 4.69) is 20.7 Å². The molecule has 3 aromatic rings. The molecule has 2 aromatic heterocycles. The first kappa shape index (κ1) is 29.6. The number of oxazole rings is 1. The number of nitrogens with zero attached hydrogens (tertiary/aromatic N) is 3. The van der Waals surface area contributed by atoms with E-state index in [9.17, 15) is 19.5 Å². The molecule has 0 saturated heterocycles. The van der Waals surface area contributed by atoms with Crippen LogP contribution in [0.2, 0.25) is 0 Å². The van der Waals surface area contributed by atoms with Gasteiger partial charge in [-0.25, -0.2) is 9.78 Å². The van der Waals surface area contributed by atoms with Crippen LogP contribution < -0.4 is 10.6 Å². The van der Waals surface area contributed by atoms with Crippen molar-refractivity contribution in [2.45, 2.75) is 66.1 Å². The van der Waals surface area contributed by atoms with E-state index in [1.54, 1.807) is 31.2 Å². The van der Waals surface area contributed by atoms with Crippen LogP contribution in [-0.4, -0.2) is 63.0 Å². The van der Waals surface area contributed by atoms with Crippen LogP contribution in [0.1, 0.15) is 68.5 Å². The first-order chi connectivity index (χ1) is 18.7. The van der Waals surface area contributed by atoms with Crippen LogP contribution >= 0.6 is 0 Å². The molecule has 11 nitrogen and oxygen atoms in total. The molecule has 210 valence electrons. The van der Waals surface area contributed by atoms with Crippen LogP contribution in [0, 0.1) is 5.92 Å². The van der Waals surface area contributed by atoms with E-state index in [-0.39, 0.29) is 49.3 Å². The van der Waals surface area contributed by atoms with E-state index >= 15 is 0 Å². The average molecular weight is 540 g/mol. The molecule has 0 bridgehead atoms. The number of rotatable bonds is 13. The molecule has 0 fully saturated rings. The molecule has 0 aliphatic heterocycles. The molecular weight excluding hydrogens is 502 g/mol. The van der Waals surface area contributed by atoms with Crippen molar-refractivity contribution in [3.63, 3.8) is 0 Å². The molecule has 1 unspecified atom stereocenters. The highest BCUT2D eigenvalue weighted by atomic mass is 16.5. The minimum Gasteiger partial charge on any atom is -0.464 e. The Bertz CT molecular complexity index is 1280. The van der Waals surface area contributed by atoms with Gasteiger partial charge >= 0.3 is 5.97 Å². The lowest BCUT2D eigenvalue weighted by molar-refractivity contribution is -0.146. The zero-order chi connectivity index (χ0) is 28.5. The van der Waals surface area contributed by atoms with Gasteiger partial charge in [-0.15, -0.1) is 0 Å². The number of aliphatic hydroxyl groups is 1. The van der Waals surface area contributed by atoms with Crippen molar-refractivity contribution in [1.29, 1.82) is 0 Å². The van der Waals surface area contributed by atoms with Gasteiger partial charge in [-0.3, -0.25) is 14.3 Å². The molecule has 2 amide bonds. The zero-order valence-corrected chi connectivity index (χ0v) is 23.1. The number of carbonyl (C=O) groups excluding carboxylic acids is 3. The second kappa shape index (κ2) is 13.7. The summed E-state index contributed by atoms with van der Waals surface area (Å²) >= 11 is 0. The number of benzene rings is 1. The summed E-state index contributed by atoms with van der Waals surface area (Å²) in [5, 5.41) is 19.7. The second-order valence-corrected chi connectivity index (χ2v) is 9.41. The summed E-state index contributed by atoms with van der Waals surface area (Å²) in [7, 11) is 0. The standard InChI is InChI=1S/C28H37N5O6/c1-6-20(7-2)30-25(35)22-15-21(32-33(22)12-13-34)18-10-9-11-19(14-18)27-29-16-23(39-27)26(36)31-24(17(4)5)28(37)38-8-3/h9-11,14-17,20,24,34H,6-8,12-13H2,1-5H3,(H,30,35)(H,31,36). The molecule has 1 atom stereocenters. The number of ether oxygens (including phenoxy) is 1. The summed E-state index contributed by atoms with van der Waals surface area (Å²) in [5.74, 6) is -1.36. The van der Waals surface area contributed by atoms with E-state index in [4.69, 9.17) is 9.15 Å². The summed E-state index contributed by atoms with van der Waals surface area (Å²) in [5.41, 5.74) is 2.19. The SMILES string of the molecule is CCOC(=O)C(NC(=O)c1cnc(-c2cccc(-c3cc(C(=O)NC(CC)CC)n(CCO)n3)c2)o1)C(C)C. The van der Waals surface area contributed by atoms with Crippen molar-refractivity contribution >= 4 is 17.8 Å². The summed E-state index contributed by atoms with van der Waals surface area (Å²) in [6.07, 6.45) is 2.92. The highest BCUT2D eigenvalue weighted by Crippen LogP contribution is 2.26. The van der Waals surface area contributed by atoms with Gasteiger partial charge in [-0.05, 0) is 43.9 Å². The number of amides is 2. The Kier molecular flexibility index (Phi) is 10.4. The number of aromatic nitrogens is 3. The molecular formula is C28H37N5O6. The Balaban J connectivity index is 1.84. The predicted octanol–water partition coefficient (Wildman–Crippen LogP) is 3.43. The Hall–Kier alpha value is -3.99.